The van der Waals surface area contributed by atoms with Crippen molar-refractivity contribution in [1.82, 2.24) is 14.9 Å². The highest BCUT2D eigenvalue weighted by Gasteiger charge is 2.18. The number of methoxy groups -OCH3 is 2. The van der Waals surface area contributed by atoms with Gasteiger partial charge in [0.15, 0.2) is 5.82 Å². The second-order valence-corrected chi connectivity index (χ2v) is 8.30. The van der Waals surface area contributed by atoms with Crippen molar-refractivity contribution in [2.24, 2.45) is 0 Å². The second kappa shape index (κ2) is 8.99. The molecule has 0 saturated carbocycles. The smallest absolute Gasteiger partial charge is 0.234 e. The predicted octanol–water partition coefficient (Wildman–Crippen LogP) is 4.31. The third-order valence-corrected chi connectivity index (χ3v) is 6.26. The van der Waals surface area contributed by atoms with E-state index in [0.29, 0.717) is 39.3 Å². The van der Waals surface area contributed by atoms with Crippen LogP contribution >= 0.6 is 11.8 Å². The van der Waals surface area contributed by atoms with Crippen LogP contribution in [0, 0.1) is 0 Å². The minimum atomic E-state index is -0.249. The first-order valence-corrected chi connectivity index (χ1v) is 11.3. The first-order valence-electron chi connectivity index (χ1n) is 10.3. The highest BCUT2D eigenvalue weighted by molar-refractivity contribution is 7.99. The standard InChI is InChI=1S/C24H21N5O4S/c1-31-18-9-5-4-8-15(18)23-27-28-24(29(23)25)34-13-22(30)26-17-12-20-16(11-21(17)32-2)14-7-3-6-10-19(14)33-20/h3-12H,13,25H2,1-2H3,(H,26,30). The fraction of sp³-hybridized carbons (Fsp3) is 0.125. The van der Waals surface area contributed by atoms with Crippen molar-refractivity contribution in [2.75, 3.05) is 31.1 Å². The molecule has 0 atom stereocenters. The Morgan fingerprint density at radius 1 is 1.00 bits per heavy atom. The lowest BCUT2D eigenvalue weighted by molar-refractivity contribution is -0.113. The normalized spacial score (nSPS) is 11.1. The van der Waals surface area contributed by atoms with Gasteiger partial charge in [-0.05, 0) is 24.3 Å². The van der Waals surface area contributed by atoms with Gasteiger partial charge < -0.3 is 25.1 Å². The van der Waals surface area contributed by atoms with Crippen LogP contribution in [0.15, 0.2) is 70.2 Å². The summed E-state index contributed by atoms with van der Waals surface area (Å²) >= 11 is 1.17. The van der Waals surface area contributed by atoms with Gasteiger partial charge in [0.2, 0.25) is 11.1 Å². The number of hydrogen-bond acceptors (Lipinski definition) is 8. The number of nitrogens with two attached hydrogens (primary N) is 1. The molecule has 0 bridgehead atoms. The number of amides is 1. The molecule has 0 radical (unpaired) electrons. The zero-order chi connectivity index (χ0) is 23.7. The number of carbonyl (C=O) groups is 1. The van der Waals surface area contributed by atoms with Crippen molar-refractivity contribution in [3.8, 4) is 22.9 Å². The van der Waals surface area contributed by atoms with Crippen LogP contribution in [0.25, 0.3) is 33.3 Å². The first kappa shape index (κ1) is 21.7. The molecule has 0 fully saturated rings. The molecule has 9 nitrogen and oxygen atoms in total. The maximum atomic E-state index is 12.7. The molecule has 0 spiro atoms. The lowest BCUT2D eigenvalue weighted by Gasteiger charge is -2.10. The Hall–Kier alpha value is -4.18. The van der Waals surface area contributed by atoms with Crippen LogP contribution in [0.1, 0.15) is 0 Å². The van der Waals surface area contributed by atoms with Gasteiger partial charge in [-0.2, -0.15) is 0 Å². The van der Waals surface area contributed by atoms with Gasteiger partial charge in [-0.25, -0.2) is 4.68 Å². The van der Waals surface area contributed by atoms with Crippen molar-refractivity contribution in [3.63, 3.8) is 0 Å². The van der Waals surface area contributed by atoms with E-state index in [1.807, 2.05) is 54.6 Å². The van der Waals surface area contributed by atoms with Crippen LogP contribution in [0.4, 0.5) is 5.69 Å². The number of nitrogens with zero attached hydrogens (tertiary/aromatic N) is 3. The lowest BCUT2D eigenvalue weighted by atomic mass is 10.1. The zero-order valence-corrected chi connectivity index (χ0v) is 19.3. The van der Waals surface area contributed by atoms with Crippen LogP contribution in [0.3, 0.4) is 0 Å². The molecule has 0 aliphatic rings. The summed E-state index contributed by atoms with van der Waals surface area (Å²) < 4.78 is 18.1. The largest absolute Gasteiger partial charge is 0.496 e. The Labute approximate surface area is 198 Å². The fourth-order valence-electron chi connectivity index (χ4n) is 3.72. The third kappa shape index (κ3) is 3.88. The molecule has 172 valence electrons. The summed E-state index contributed by atoms with van der Waals surface area (Å²) in [4.78, 5) is 12.7. The second-order valence-electron chi connectivity index (χ2n) is 7.36. The summed E-state index contributed by atoms with van der Waals surface area (Å²) in [5.41, 5.74) is 2.66. The summed E-state index contributed by atoms with van der Waals surface area (Å²) in [5.74, 6) is 7.63. The summed E-state index contributed by atoms with van der Waals surface area (Å²) in [7, 11) is 3.14. The number of fused-ring (bicyclic) bond motifs is 3. The molecule has 0 aliphatic heterocycles. The van der Waals surface area contributed by atoms with Crippen LogP contribution in [-0.2, 0) is 4.79 Å². The molecule has 1 amide bonds. The Balaban J connectivity index is 1.33. The van der Waals surface area contributed by atoms with Crippen LogP contribution < -0.4 is 20.6 Å². The molecule has 5 rings (SSSR count). The molecule has 2 heterocycles. The van der Waals surface area contributed by atoms with Gasteiger partial charge in [0.05, 0.1) is 31.2 Å². The molecule has 3 N–H and O–H groups in total. The van der Waals surface area contributed by atoms with Gasteiger partial charge in [-0.15, -0.1) is 10.2 Å². The number of aromatic nitrogens is 3. The highest BCUT2D eigenvalue weighted by Crippen LogP contribution is 2.36. The number of ether oxygens (including phenoxy) is 2. The number of carbonyl (C=O) groups excluding carboxylic acids is 1. The van der Waals surface area contributed by atoms with E-state index in [-0.39, 0.29) is 11.7 Å². The van der Waals surface area contributed by atoms with Gasteiger partial charge >= 0.3 is 0 Å². The Morgan fingerprint density at radius 3 is 2.59 bits per heavy atom. The van der Waals surface area contributed by atoms with E-state index < -0.39 is 0 Å². The average molecular weight is 476 g/mol. The van der Waals surface area contributed by atoms with Crippen molar-refractivity contribution < 1.29 is 18.7 Å². The number of para-hydroxylation sites is 2. The van der Waals surface area contributed by atoms with Gasteiger partial charge in [0.1, 0.15) is 22.7 Å². The number of rotatable bonds is 7. The van der Waals surface area contributed by atoms with E-state index in [1.165, 1.54) is 16.4 Å². The Morgan fingerprint density at radius 2 is 1.76 bits per heavy atom. The monoisotopic (exact) mass is 475 g/mol. The molecule has 10 heteroatoms. The Bertz CT molecular complexity index is 1510. The highest BCUT2D eigenvalue weighted by atomic mass is 32.2. The molecule has 0 aliphatic carbocycles. The van der Waals surface area contributed by atoms with Gasteiger partial charge in [0.25, 0.3) is 0 Å². The number of benzene rings is 3. The quantitative estimate of drug-likeness (QED) is 0.264. The zero-order valence-electron chi connectivity index (χ0n) is 18.4. The minimum absolute atomic E-state index is 0.0720. The topological polar surface area (TPSA) is 117 Å². The van der Waals surface area contributed by atoms with Gasteiger partial charge in [-0.3, -0.25) is 4.79 Å². The van der Waals surface area contributed by atoms with Crippen LogP contribution in [0.2, 0.25) is 0 Å². The summed E-state index contributed by atoms with van der Waals surface area (Å²) in [6.45, 7) is 0. The third-order valence-electron chi connectivity index (χ3n) is 5.32. The number of nitrogens with one attached hydrogen (secondary N) is 1. The Kier molecular flexibility index (Phi) is 5.72. The number of thioether (sulfide) groups is 1. The van der Waals surface area contributed by atoms with E-state index >= 15 is 0 Å². The van der Waals surface area contributed by atoms with Crippen LogP contribution in [-0.4, -0.2) is 40.8 Å². The van der Waals surface area contributed by atoms with Gasteiger partial charge in [0, 0.05) is 16.8 Å². The van der Waals surface area contributed by atoms with E-state index in [9.17, 15) is 4.79 Å². The van der Waals surface area contributed by atoms with E-state index in [2.05, 4.69) is 15.5 Å². The number of anilines is 1. The molecular weight excluding hydrogens is 454 g/mol. The molecular formula is C24H21N5O4S. The molecule has 34 heavy (non-hydrogen) atoms. The van der Waals surface area contributed by atoms with Crippen molar-refractivity contribution in [3.05, 3.63) is 60.7 Å². The van der Waals surface area contributed by atoms with Crippen molar-refractivity contribution >= 4 is 45.3 Å². The van der Waals surface area contributed by atoms with Crippen LogP contribution in [0.5, 0.6) is 11.5 Å². The molecule has 5 aromatic rings. The predicted molar refractivity (Wildman–Crippen MR) is 132 cm³/mol. The number of furan rings is 1. The number of hydrogen-bond donors (Lipinski definition) is 2. The maximum absolute atomic E-state index is 12.7. The average Bonchev–Trinajstić information content (AvgIpc) is 3.41. The summed E-state index contributed by atoms with van der Waals surface area (Å²) in [5, 5.41) is 13.5. The first-order chi connectivity index (χ1) is 16.6. The maximum Gasteiger partial charge on any atom is 0.234 e. The van der Waals surface area contributed by atoms with E-state index in [0.717, 1.165) is 16.4 Å². The SMILES string of the molecule is COc1cc2c(cc1NC(=O)CSc1nnc(-c3ccccc3OC)n1N)oc1ccccc12. The van der Waals surface area contributed by atoms with Crippen molar-refractivity contribution in [2.45, 2.75) is 5.16 Å². The molecule has 2 aromatic heterocycles. The summed E-state index contributed by atoms with van der Waals surface area (Å²) in [6, 6.07) is 18.8. The molecule has 0 saturated heterocycles. The molecule has 3 aromatic carbocycles. The minimum Gasteiger partial charge on any atom is -0.496 e. The lowest BCUT2D eigenvalue weighted by Crippen LogP contribution is -2.17. The van der Waals surface area contributed by atoms with E-state index in [4.69, 9.17) is 19.7 Å². The number of nitrogen functional groups attached to an aromatic ring is 1. The van der Waals surface area contributed by atoms with Gasteiger partial charge in [-0.1, -0.05) is 42.1 Å². The van der Waals surface area contributed by atoms with Crippen molar-refractivity contribution in [1.29, 1.82) is 0 Å². The van der Waals surface area contributed by atoms with E-state index in [1.54, 1.807) is 20.3 Å². The summed E-state index contributed by atoms with van der Waals surface area (Å²) in [6.07, 6.45) is 0. The fourth-order valence-corrected chi connectivity index (χ4v) is 4.38. The molecule has 0 unspecified atom stereocenters.